The quantitative estimate of drug-likeness (QED) is 0.412. The zero-order valence-electron chi connectivity index (χ0n) is 21.7. The van der Waals surface area contributed by atoms with Gasteiger partial charge >= 0.3 is 5.69 Å². The highest BCUT2D eigenvalue weighted by Crippen LogP contribution is 2.33. The van der Waals surface area contributed by atoms with Gasteiger partial charge in [0, 0.05) is 62.1 Å². The summed E-state index contributed by atoms with van der Waals surface area (Å²) in [6.45, 7) is 4.24. The minimum absolute atomic E-state index is 0.0539. The Bertz CT molecular complexity index is 1500. The predicted molar refractivity (Wildman–Crippen MR) is 144 cm³/mol. The normalized spacial score (nSPS) is 20.5. The standard InChI is InChI=1S/C28H33FN6O2/c1-32(2)15-18-8-9-34(16-18)26-7-6-19(13-31-26)21-11-22-24(12-23(21)29)30-14-25-27(22)35(28(36)33(25)3)20-5-4-10-37-17-20/h6-7,11-14,18,20H,4-5,8-10,15-17H2,1-3H3/t18-,20+/m0/s1. The van der Waals surface area contributed by atoms with Crippen molar-refractivity contribution in [3.63, 3.8) is 0 Å². The van der Waals surface area contributed by atoms with Crippen molar-refractivity contribution < 1.29 is 9.13 Å². The molecule has 2 fully saturated rings. The van der Waals surface area contributed by atoms with Crippen molar-refractivity contribution in [2.45, 2.75) is 25.3 Å². The van der Waals surface area contributed by atoms with Crippen LogP contribution in [0.4, 0.5) is 10.2 Å². The van der Waals surface area contributed by atoms with E-state index in [1.165, 1.54) is 6.07 Å². The number of aryl methyl sites for hydroxylation is 1. The molecule has 5 heterocycles. The van der Waals surface area contributed by atoms with Gasteiger partial charge in [-0.3, -0.25) is 14.1 Å². The number of aromatic nitrogens is 4. The molecule has 0 N–H and O–H groups in total. The van der Waals surface area contributed by atoms with Crippen molar-refractivity contribution in [1.82, 2.24) is 24.0 Å². The maximum atomic E-state index is 15.3. The first kappa shape index (κ1) is 24.1. The van der Waals surface area contributed by atoms with Gasteiger partial charge in [0.2, 0.25) is 0 Å². The number of halogens is 1. The van der Waals surface area contributed by atoms with E-state index in [0.717, 1.165) is 61.1 Å². The van der Waals surface area contributed by atoms with Crippen molar-refractivity contribution >= 4 is 27.8 Å². The second kappa shape index (κ2) is 9.54. The van der Waals surface area contributed by atoms with Gasteiger partial charge < -0.3 is 14.5 Å². The molecule has 2 atom stereocenters. The van der Waals surface area contributed by atoms with E-state index < -0.39 is 0 Å². The fourth-order valence-electron chi connectivity index (χ4n) is 5.97. The van der Waals surface area contributed by atoms with Gasteiger partial charge in [-0.15, -0.1) is 0 Å². The summed E-state index contributed by atoms with van der Waals surface area (Å²) in [6.07, 6.45) is 6.33. The first-order chi connectivity index (χ1) is 17.9. The molecule has 0 spiro atoms. The highest BCUT2D eigenvalue weighted by molar-refractivity contribution is 6.04. The summed E-state index contributed by atoms with van der Waals surface area (Å²) >= 11 is 0. The number of imidazole rings is 1. The van der Waals surface area contributed by atoms with Crippen molar-refractivity contribution in [2.24, 2.45) is 13.0 Å². The van der Waals surface area contributed by atoms with E-state index in [0.29, 0.717) is 35.8 Å². The zero-order valence-corrected chi connectivity index (χ0v) is 21.7. The first-order valence-electron chi connectivity index (χ1n) is 13.0. The molecule has 2 aliphatic rings. The summed E-state index contributed by atoms with van der Waals surface area (Å²) in [6, 6.07) is 7.14. The monoisotopic (exact) mass is 504 g/mol. The number of hydrogen-bond acceptors (Lipinski definition) is 6. The van der Waals surface area contributed by atoms with Crippen LogP contribution in [0.5, 0.6) is 0 Å². The van der Waals surface area contributed by atoms with Crippen LogP contribution < -0.4 is 10.6 Å². The molecule has 2 aliphatic heterocycles. The molecule has 9 heteroatoms. The van der Waals surface area contributed by atoms with Gasteiger partial charge in [0.25, 0.3) is 0 Å². The van der Waals surface area contributed by atoms with Crippen LogP contribution in [-0.2, 0) is 11.8 Å². The van der Waals surface area contributed by atoms with Gasteiger partial charge in [0.05, 0.1) is 35.4 Å². The van der Waals surface area contributed by atoms with Crippen molar-refractivity contribution in [3.05, 3.63) is 53.0 Å². The Morgan fingerprint density at radius 2 is 2.03 bits per heavy atom. The Balaban J connectivity index is 1.40. The molecule has 0 amide bonds. The molecule has 0 aliphatic carbocycles. The van der Waals surface area contributed by atoms with Crippen LogP contribution in [0, 0.1) is 11.7 Å². The van der Waals surface area contributed by atoms with Gasteiger partial charge in [-0.2, -0.15) is 0 Å². The maximum Gasteiger partial charge on any atom is 0.329 e. The lowest BCUT2D eigenvalue weighted by molar-refractivity contribution is 0.0593. The molecule has 194 valence electrons. The highest BCUT2D eigenvalue weighted by Gasteiger charge is 2.26. The van der Waals surface area contributed by atoms with Crippen molar-refractivity contribution in [1.29, 1.82) is 0 Å². The van der Waals surface area contributed by atoms with Crippen LogP contribution in [0.25, 0.3) is 33.1 Å². The summed E-state index contributed by atoms with van der Waals surface area (Å²) in [4.78, 5) is 27.0. The maximum absolute atomic E-state index is 15.3. The number of benzene rings is 1. The van der Waals surface area contributed by atoms with Crippen LogP contribution >= 0.6 is 0 Å². The second-order valence-electron chi connectivity index (χ2n) is 10.7. The van der Waals surface area contributed by atoms with Gasteiger partial charge in [0.1, 0.15) is 11.6 Å². The highest BCUT2D eigenvalue weighted by atomic mass is 19.1. The Morgan fingerprint density at radius 3 is 2.76 bits per heavy atom. The van der Waals surface area contributed by atoms with Gasteiger partial charge in [-0.05, 0) is 57.5 Å². The van der Waals surface area contributed by atoms with E-state index in [4.69, 9.17) is 9.72 Å². The van der Waals surface area contributed by atoms with E-state index in [1.54, 1.807) is 24.0 Å². The van der Waals surface area contributed by atoms with Crippen LogP contribution in [0.2, 0.25) is 0 Å². The third-order valence-corrected chi connectivity index (χ3v) is 7.80. The summed E-state index contributed by atoms with van der Waals surface area (Å²) in [5, 5.41) is 0.757. The third-order valence-electron chi connectivity index (χ3n) is 7.80. The van der Waals surface area contributed by atoms with Gasteiger partial charge in [0.15, 0.2) is 0 Å². The molecule has 3 aromatic heterocycles. The lowest BCUT2D eigenvalue weighted by Crippen LogP contribution is -2.31. The lowest BCUT2D eigenvalue weighted by atomic mass is 10.0. The van der Waals surface area contributed by atoms with Crippen LogP contribution in [0.1, 0.15) is 25.3 Å². The molecule has 0 unspecified atom stereocenters. The SMILES string of the molecule is CN(C)C[C@@H]1CCN(c2ccc(-c3cc4c(cc3F)ncc3c4n([C@@H]4CCCOC4)c(=O)n3C)cn2)C1. The number of nitrogens with zero attached hydrogens (tertiary/aromatic N) is 6. The third kappa shape index (κ3) is 4.30. The minimum Gasteiger partial charge on any atom is -0.379 e. The summed E-state index contributed by atoms with van der Waals surface area (Å²) in [5.74, 6) is 1.19. The van der Waals surface area contributed by atoms with E-state index in [1.807, 2.05) is 22.8 Å². The lowest BCUT2D eigenvalue weighted by Gasteiger charge is -2.23. The molecule has 1 aromatic carbocycles. The van der Waals surface area contributed by atoms with E-state index in [2.05, 4.69) is 28.9 Å². The number of fused-ring (bicyclic) bond motifs is 3. The molecular formula is C28H33FN6O2. The smallest absolute Gasteiger partial charge is 0.329 e. The fraction of sp³-hybridized carbons (Fsp3) is 0.464. The molecule has 6 rings (SSSR count). The molecule has 0 saturated carbocycles. The average molecular weight is 505 g/mol. The Morgan fingerprint density at radius 1 is 1.16 bits per heavy atom. The molecule has 8 nitrogen and oxygen atoms in total. The fourth-order valence-corrected chi connectivity index (χ4v) is 5.97. The van der Waals surface area contributed by atoms with Crippen LogP contribution in [-0.4, -0.2) is 70.9 Å². The van der Waals surface area contributed by atoms with Crippen molar-refractivity contribution in [2.75, 3.05) is 51.8 Å². The molecule has 2 saturated heterocycles. The summed E-state index contributed by atoms with van der Waals surface area (Å²) < 4.78 is 24.5. The predicted octanol–water partition coefficient (Wildman–Crippen LogP) is 3.83. The molecule has 0 bridgehead atoms. The minimum atomic E-state index is -0.355. The molecule has 37 heavy (non-hydrogen) atoms. The summed E-state index contributed by atoms with van der Waals surface area (Å²) in [5.41, 5.74) is 3.09. The number of rotatable bonds is 5. The Hall–Kier alpha value is -3.30. The van der Waals surface area contributed by atoms with E-state index in [-0.39, 0.29) is 17.5 Å². The first-order valence-corrected chi connectivity index (χ1v) is 13.0. The summed E-state index contributed by atoms with van der Waals surface area (Å²) in [7, 11) is 5.97. The van der Waals surface area contributed by atoms with Crippen LogP contribution in [0.3, 0.4) is 0 Å². The van der Waals surface area contributed by atoms with Crippen LogP contribution in [0.15, 0.2) is 41.5 Å². The van der Waals surface area contributed by atoms with Gasteiger partial charge in [-0.1, -0.05) is 0 Å². The largest absolute Gasteiger partial charge is 0.379 e. The number of anilines is 1. The Labute approximate surface area is 215 Å². The molecular weight excluding hydrogens is 471 g/mol. The average Bonchev–Trinajstić information content (AvgIpc) is 3.46. The topological polar surface area (TPSA) is 68.4 Å². The number of pyridine rings is 2. The second-order valence-corrected chi connectivity index (χ2v) is 10.7. The molecule has 4 aromatic rings. The molecule has 0 radical (unpaired) electrons. The van der Waals surface area contributed by atoms with E-state index >= 15 is 4.39 Å². The Kier molecular flexibility index (Phi) is 6.20. The van der Waals surface area contributed by atoms with Crippen molar-refractivity contribution in [3.8, 4) is 11.1 Å². The van der Waals surface area contributed by atoms with E-state index in [9.17, 15) is 4.79 Å². The van der Waals surface area contributed by atoms with Gasteiger partial charge in [-0.25, -0.2) is 14.2 Å². The number of hydrogen-bond donors (Lipinski definition) is 0. The zero-order chi connectivity index (χ0) is 25.7. The number of ether oxygens (including phenoxy) is 1.